The number of halogens is 1. The number of aromatic hydroxyl groups is 1. The standard InChI is InChI=1S/C16H18ClNO3/c1-16(2,3)21-15(19)11-6-13(7-11)20-12-5-4-10(9-18)14(17)8-12/h4-5,8,11,13H,6-7H2,1-3H3/p+1. The highest BCUT2D eigenvalue weighted by molar-refractivity contribution is 6.31. The molecule has 1 aliphatic carbocycles. The molecule has 0 unspecified atom stereocenters. The normalized spacial score (nSPS) is 21.1. The van der Waals surface area contributed by atoms with Crippen molar-refractivity contribution in [3.05, 3.63) is 28.8 Å². The van der Waals surface area contributed by atoms with E-state index < -0.39 is 5.60 Å². The number of hydrogen-bond donors (Lipinski definition) is 0. The maximum Gasteiger partial charge on any atom is 0.310 e. The molecule has 0 aliphatic heterocycles. The zero-order chi connectivity index (χ0) is 15.6. The number of carbonyl (C=O) groups is 1. The van der Waals surface area contributed by atoms with Crippen LogP contribution in [-0.4, -0.2) is 22.4 Å². The molecule has 1 saturated carbocycles. The molecule has 1 aromatic rings. The van der Waals surface area contributed by atoms with Crippen LogP contribution in [0.2, 0.25) is 5.02 Å². The summed E-state index contributed by atoms with van der Waals surface area (Å²) in [6.45, 7) is 5.60. The first-order chi connectivity index (χ1) is 9.78. The Bertz CT molecular complexity index is 580. The van der Waals surface area contributed by atoms with Gasteiger partial charge in [-0.3, -0.25) is 4.79 Å². The van der Waals surface area contributed by atoms with Crippen LogP contribution in [0.5, 0.6) is 5.75 Å². The highest BCUT2D eigenvalue weighted by Gasteiger charge is 2.41. The molecule has 0 bridgehead atoms. The third kappa shape index (κ3) is 4.12. The second kappa shape index (κ2) is 5.95. The molecule has 4 nitrogen and oxygen atoms in total. The van der Waals surface area contributed by atoms with Crippen molar-refractivity contribution >= 4 is 17.6 Å². The predicted octanol–water partition coefficient (Wildman–Crippen LogP) is 3.57. The van der Waals surface area contributed by atoms with Gasteiger partial charge in [-0.1, -0.05) is 11.6 Å². The van der Waals surface area contributed by atoms with Gasteiger partial charge < -0.3 is 9.47 Å². The van der Waals surface area contributed by atoms with E-state index in [1.54, 1.807) is 18.2 Å². The van der Waals surface area contributed by atoms with E-state index in [4.69, 9.17) is 21.6 Å². The summed E-state index contributed by atoms with van der Waals surface area (Å²) in [5.74, 6) is 0.533. The van der Waals surface area contributed by atoms with Crippen molar-refractivity contribution in [2.75, 3.05) is 0 Å². The van der Waals surface area contributed by atoms with Crippen molar-refractivity contribution in [2.45, 2.75) is 45.3 Å². The lowest BCUT2D eigenvalue weighted by Gasteiger charge is -2.33. The Kier molecular flexibility index (Phi) is 4.43. The Morgan fingerprint density at radius 1 is 1.43 bits per heavy atom. The number of nitrogens with zero attached hydrogens (tertiary/aromatic N) is 1. The van der Waals surface area contributed by atoms with Gasteiger partial charge in [0.25, 0.3) is 5.75 Å². The summed E-state index contributed by atoms with van der Waals surface area (Å²) in [5, 5.41) is 9.23. The van der Waals surface area contributed by atoms with Crippen LogP contribution in [0.1, 0.15) is 39.2 Å². The third-order valence-electron chi connectivity index (χ3n) is 3.26. The molecule has 0 saturated heterocycles. The summed E-state index contributed by atoms with van der Waals surface area (Å²) in [4.78, 5) is 11.9. The number of rotatable bonds is 3. The van der Waals surface area contributed by atoms with Gasteiger partial charge in [0.15, 0.2) is 6.10 Å². The zero-order valence-electron chi connectivity index (χ0n) is 12.4. The Morgan fingerprint density at radius 3 is 2.62 bits per heavy atom. The first kappa shape index (κ1) is 15.7. The quantitative estimate of drug-likeness (QED) is 0.633. The van der Waals surface area contributed by atoms with Crippen molar-refractivity contribution in [1.82, 2.24) is 0 Å². The molecule has 2 rings (SSSR count). The van der Waals surface area contributed by atoms with Crippen LogP contribution in [0, 0.1) is 17.2 Å². The van der Waals surface area contributed by atoms with Crippen LogP contribution in [-0.2, 0) is 9.53 Å². The molecule has 0 amide bonds. The van der Waals surface area contributed by atoms with E-state index in [1.165, 1.54) is 0 Å². The fourth-order valence-electron chi connectivity index (χ4n) is 2.16. The Balaban J connectivity index is 1.85. The maximum atomic E-state index is 11.9. The SMILES string of the molecule is CC(C)(C)OC(=O)C1CC([OH+]c2ccc(C#N)c(Cl)c2)C1. The molecule has 5 heteroatoms. The molecule has 0 aromatic heterocycles. The van der Waals surface area contributed by atoms with Crippen molar-refractivity contribution in [2.24, 2.45) is 5.92 Å². The highest BCUT2D eigenvalue weighted by Crippen LogP contribution is 2.35. The van der Waals surface area contributed by atoms with Crippen LogP contribution < -0.4 is 0 Å². The van der Waals surface area contributed by atoms with Gasteiger partial charge in [-0.2, -0.15) is 5.26 Å². The fraction of sp³-hybridized carbons (Fsp3) is 0.500. The molecule has 0 atom stereocenters. The average molecular weight is 309 g/mol. The number of benzene rings is 1. The smallest absolute Gasteiger partial charge is 0.310 e. The molecule has 21 heavy (non-hydrogen) atoms. The number of hydrogen-bond acceptors (Lipinski definition) is 3. The summed E-state index contributed by atoms with van der Waals surface area (Å²) in [7, 11) is 0. The predicted molar refractivity (Wildman–Crippen MR) is 80.2 cm³/mol. The van der Waals surface area contributed by atoms with E-state index in [9.17, 15) is 4.79 Å². The molecular formula is C16H19ClNO3+. The van der Waals surface area contributed by atoms with Gasteiger partial charge in [-0.05, 0) is 26.8 Å². The van der Waals surface area contributed by atoms with E-state index >= 15 is 0 Å². The molecule has 112 valence electrons. The van der Waals surface area contributed by atoms with E-state index in [2.05, 4.69) is 4.74 Å². The maximum absolute atomic E-state index is 11.9. The van der Waals surface area contributed by atoms with Crippen LogP contribution >= 0.6 is 11.6 Å². The summed E-state index contributed by atoms with van der Waals surface area (Å²) in [6, 6.07) is 7.12. The molecule has 1 aliphatic rings. The fourth-order valence-corrected chi connectivity index (χ4v) is 2.37. The second-order valence-corrected chi connectivity index (χ2v) is 6.67. The molecule has 0 heterocycles. The molecule has 1 N–H and O–H groups in total. The summed E-state index contributed by atoms with van der Waals surface area (Å²) in [5.41, 5.74) is -0.00387. The Hall–Kier alpha value is -1.73. The van der Waals surface area contributed by atoms with E-state index in [0.29, 0.717) is 23.4 Å². The minimum absolute atomic E-state index is 0.0631. The lowest BCUT2D eigenvalue weighted by molar-refractivity contribution is -0.173. The molecule has 1 aromatic carbocycles. The lowest BCUT2D eigenvalue weighted by atomic mass is 9.82. The molecule has 0 radical (unpaired) electrons. The highest BCUT2D eigenvalue weighted by atomic mass is 35.5. The number of nitriles is 1. The van der Waals surface area contributed by atoms with Gasteiger partial charge in [0, 0.05) is 18.9 Å². The number of esters is 1. The number of ether oxygens (including phenoxy) is 2. The van der Waals surface area contributed by atoms with Gasteiger partial charge in [-0.15, -0.1) is 0 Å². The summed E-state index contributed by atoms with van der Waals surface area (Å²) < 4.78 is 9.88. The third-order valence-corrected chi connectivity index (χ3v) is 3.57. The number of carbonyl (C=O) groups excluding carboxylic acids is 1. The first-order valence-electron chi connectivity index (χ1n) is 6.92. The Morgan fingerprint density at radius 2 is 2.10 bits per heavy atom. The topological polar surface area (TPSA) is 62.9 Å². The zero-order valence-corrected chi connectivity index (χ0v) is 13.1. The molecular weight excluding hydrogens is 290 g/mol. The van der Waals surface area contributed by atoms with E-state index in [-0.39, 0.29) is 18.0 Å². The van der Waals surface area contributed by atoms with Crippen LogP contribution in [0.3, 0.4) is 0 Å². The Labute approximate surface area is 129 Å². The van der Waals surface area contributed by atoms with Crippen molar-refractivity contribution in [3.8, 4) is 11.8 Å². The molecule has 1 fully saturated rings. The average Bonchev–Trinajstić information content (AvgIpc) is 2.31. The monoisotopic (exact) mass is 308 g/mol. The summed E-state index contributed by atoms with van der Waals surface area (Å²) >= 11 is 5.97. The van der Waals surface area contributed by atoms with Crippen molar-refractivity contribution in [1.29, 1.82) is 5.26 Å². The lowest BCUT2D eigenvalue weighted by Crippen LogP contribution is -2.40. The van der Waals surface area contributed by atoms with E-state index in [1.807, 2.05) is 26.8 Å². The first-order valence-corrected chi connectivity index (χ1v) is 7.29. The minimum Gasteiger partial charge on any atom is -0.581 e. The summed E-state index contributed by atoms with van der Waals surface area (Å²) in [6.07, 6.45) is 1.52. The largest absolute Gasteiger partial charge is 0.581 e. The van der Waals surface area contributed by atoms with Crippen LogP contribution in [0.4, 0.5) is 0 Å². The number of aliphatic hydroxyl groups is 1. The second-order valence-electron chi connectivity index (χ2n) is 6.26. The minimum atomic E-state index is -0.444. The van der Waals surface area contributed by atoms with Gasteiger partial charge in [-0.25, -0.2) is 0 Å². The molecule has 0 spiro atoms. The van der Waals surface area contributed by atoms with Crippen LogP contribution in [0.15, 0.2) is 18.2 Å². The van der Waals surface area contributed by atoms with Gasteiger partial charge in [0.1, 0.15) is 11.7 Å². The van der Waals surface area contributed by atoms with Crippen LogP contribution in [0.25, 0.3) is 0 Å². The van der Waals surface area contributed by atoms with E-state index in [0.717, 1.165) is 5.75 Å². The van der Waals surface area contributed by atoms with Gasteiger partial charge in [0.05, 0.1) is 22.6 Å². The van der Waals surface area contributed by atoms with Gasteiger partial charge >= 0.3 is 5.97 Å². The van der Waals surface area contributed by atoms with Crippen molar-refractivity contribution in [3.63, 3.8) is 0 Å². The van der Waals surface area contributed by atoms with Crippen molar-refractivity contribution < 1.29 is 14.3 Å². The van der Waals surface area contributed by atoms with Gasteiger partial charge in [0.2, 0.25) is 0 Å².